The fraction of sp³-hybridized carbons (Fsp3) is 0.250. The van der Waals surface area contributed by atoms with Crippen molar-refractivity contribution in [2.24, 2.45) is 0 Å². The summed E-state index contributed by atoms with van der Waals surface area (Å²) in [6.07, 6.45) is 3.99. The largest absolute Gasteiger partial charge is 0.0619 e. The summed E-state index contributed by atoms with van der Waals surface area (Å²) < 4.78 is 1.24. The number of hydrogen-bond acceptors (Lipinski definition) is 0. The minimum atomic E-state index is 0.343. The number of rotatable bonds is 0. The lowest BCUT2D eigenvalue weighted by molar-refractivity contribution is 0.309. The van der Waals surface area contributed by atoms with Gasteiger partial charge in [-0.25, -0.2) is 0 Å². The van der Waals surface area contributed by atoms with Gasteiger partial charge in [0.1, 0.15) is 0 Å². The van der Waals surface area contributed by atoms with Crippen LogP contribution in [0.5, 0.6) is 0 Å². The van der Waals surface area contributed by atoms with E-state index in [1.165, 1.54) is 34.9 Å². The first kappa shape index (κ1) is 9.90. The van der Waals surface area contributed by atoms with E-state index in [9.17, 15) is 0 Å². The zero-order valence-corrected chi connectivity index (χ0v) is 11.1. The topological polar surface area (TPSA) is 0 Å². The normalized spacial score (nSPS) is 18.6. The smallest absolute Gasteiger partial charge is 0.0256 e. The van der Waals surface area contributed by atoms with Gasteiger partial charge in [0.05, 0.1) is 0 Å². The van der Waals surface area contributed by atoms with Gasteiger partial charge in [-0.1, -0.05) is 58.7 Å². The van der Waals surface area contributed by atoms with Crippen molar-refractivity contribution in [1.82, 2.24) is 0 Å². The van der Waals surface area contributed by atoms with Crippen molar-refractivity contribution in [3.8, 4) is 11.1 Å². The van der Waals surface area contributed by atoms with Crippen LogP contribution in [0.25, 0.3) is 11.1 Å². The van der Waals surface area contributed by atoms with Gasteiger partial charge >= 0.3 is 0 Å². The highest BCUT2D eigenvalue weighted by Gasteiger charge is 2.47. The fourth-order valence-electron chi connectivity index (χ4n) is 3.53. The first-order valence-corrected chi connectivity index (χ1v) is 7.01. The quantitative estimate of drug-likeness (QED) is 0.646. The summed E-state index contributed by atoms with van der Waals surface area (Å²) in [5, 5.41) is 0. The van der Waals surface area contributed by atoms with Gasteiger partial charge < -0.3 is 0 Å². The zero-order valence-electron chi connectivity index (χ0n) is 9.54. The van der Waals surface area contributed by atoms with Crippen LogP contribution < -0.4 is 0 Å². The number of fused-ring (bicyclic) bond motifs is 5. The second-order valence-electron chi connectivity index (χ2n) is 5.14. The van der Waals surface area contributed by atoms with Crippen LogP contribution in [-0.2, 0) is 5.41 Å². The Balaban J connectivity index is 2.13. The van der Waals surface area contributed by atoms with Crippen LogP contribution in [-0.4, -0.2) is 0 Å². The van der Waals surface area contributed by atoms with Gasteiger partial charge in [0.2, 0.25) is 0 Å². The molecule has 0 unspecified atom stereocenters. The van der Waals surface area contributed by atoms with E-state index < -0.39 is 0 Å². The molecule has 0 atom stereocenters. The third-order valence-electron chi connectivity index (χ3n) is 4.45. The molecule has 1 heteroatoms. The molecule has 2 aromatic rings. The summed E-state index contributed by atoms with van der Waals surface area (Å²) in [6.45, 7) is 0. The van der Waals surface area contributed by atoms with Crippen molar-refractivity contribution in [2.75, 3.05) is 0 Å². The van der Waals surface area contributed by atoms with Crippen LogP contribution in [0.1, 0.15) is 30.4 Å². The number of hydrogen-bond donors (Lipinski definition) is 0. The van der Waals surface area contributed by atoms with Gasteiger partial charge in [-0.15, -0.1) is 0 Å². The molecule has 0 saturated heterocycles. The van der Waals surface area contributed by atoms with E-state index in [2.05, 4.69) is 58.4 Å². The molecule has 17 heavy (non-hydrogen) atoms. The van der Waals surface area contributed by atoms with Crippen molar-refractivity contribution in [3.05, 3.63) is 58.1 Å². The van der Waals surface area contributed by atoms with Crippen molar-refractivity contribution >= 4 is 15.9 Å². The summed E-state index contributed by atoms with van der Waals surface area (Å²) >= 11 is 3.72. The third kappa shape index (κ3) is 1.08. The highest BCUT2D eigenvalue weighted by Crippen LogP contribution is 2.59. The molecule has 2 aliphatic rings. The first-order valence-electron chi connectivity index (χ1n) is 6.22. The van der Waals surface area contributed by atoms with Crippen molar-refractivity contribution < 1.29 is 0 Å². The SMILES string of the molecule is Brc1cccc2c1-c1ccccc1C21CCC1. The Labute approximate surface area is 110 Å². The molecule has 0 nitrogen and oxygen atoms in total. The molecule has 84 valence electrons. The highest BCUT2D eigenvalue weighted by molar-refractivity contribution is 9.10. The Morgan fingerprint density at radius 2 is 1.65 bits per heavy atom. The molecular weight excluding hydrogens is 272 g/mol. The maximum absolute atomic E-state index is 3.72. The zero-order chi connectivity index (χ0) is 11.5. The predicted molar refractivity (Wildman–Crippen MR) is 74.2 cm³/mol. The van der Waals surface area contributed by atoms with E-state index in [0.29, 0.717) is 5.41 Å². The number of benzene rings is 2. The van der Waals surface area contributed by atoms with E-state index in [1.807, 2.05) is 0 Å². The lowest BCUT2D eigenvalue weighted by atomic mass is 9.63. The highest BCUT2D eigenvalue weighted by atomic mass is 79.9. The van der Waals surface area contributed by atoms with E-state index in [4.69, 9.17) is 0 Å². The van der Waals surface area contributed by atoms with Gasteiger partial charge in [-0.05, 0) is 35.6 Å². The Hall–Kier alpha value is -1.08. The molecule has 0 bridgehead atoms. The molecule has 2 aliphatic carbocycles. The maximum Gasteiger partial charge on any atom is 0.0256 e. The van der Waals surface area contributed by atoms with Gasteiger partial charge in [0, 0.05) is 15.5 Å². The molecule has 0 aliphatic heterocycles. The molecule has 2 aromatic carbocycles. The van der Waals surface area contributed by atoms with Gasteiger partial charge in [0.25, 0.3) is 0 Å². The predicted octanol–water partition coefficient (Wildman–Crippen LogP) is 4.90. The summed E-state index contributed by atoms with van der Waals surface area (Å²) in [4.78, 5) is 0. The first-order chi connectivity index (χ1) is 8.33. The van der Waals surface area contributed by atoms with E-state index in [-0.39, 0.29) is 0 Å². The summed E-state index contributed by atoms with van der Waals surface area (Å²) in [6, 6.07) is 15.6. The second kappa shape index (κ2) is 3.23. The standard InChI is InChI=1S/C16H13Br/c17-14-8-3-7-13-15(14)11-5-1-2-6-12(11)16(13)9-4-10-16/h1-3,5-8H,4,9-10H2. The lowest BCUT2D eigenvalue weighted by Crippen LogP contribution is -2.33. The third-order valence-corrected chi connectivity index (χ3v) is 5.11. The summed E-state index contributed by atoms with van der Waals surface area (Å²) in [5.74, 6) is 0. The molecule has 4 rings (SSSR count). The number of halogens is 1. The fourth-order valence-corrected chi connectivity index (χ4v) is 4.11. The van der Waals surface area contributed by atoms with Crippen LogP contribution in [0.15, 0.2) is 46.9 Å². The molecule has 0 aromatic heterocycles. The van der Waals surface area contributed by atoms with Crippen LogP contribution in [0, 0.1) is 0 Å². The Morgan fingerprint density at radius 1 is 0.882 bits per heavy atom. The molecule has 0 radical (unpaired) electrons. The van der Waals surface area contributed by atoms with Crippen LogP contribution in [0.3, 0.4) is 0 Å². The van der Waals surface area contributed by atoms with Crippen molar-refractivity contribution in [2.45, 2.75) is 24.7 Å². The maximum atomic E-state index is 3.72. The van der Waals surface area contributed by atoms with E-state index >= 15 is 0 Å². The molecule has 0 amide bonds. The Kier molecular flexibility index (Phi) is 1.88. The van der Waals surface area contributed by atoms with Gasteiger partial charge in [0.15, 0.2) is 0 Å². The van der Waals surface area contributed by atoms with Crippen LogP contribution >= 0.6 is 15.9 Å². The summed E-state index contributed by atoms with van der Waals surface area (Å²) in [5.41, 5.74) is 6.31. The molecule has 1 spiro atoms. The minimum absolute atomic E-state index is 0.343. The molecule has 0 heterocycles. The van der Waals surface area contributed by atoms with E-state index in [1.54, 1.807) is 11.1 Å². The molecule has 0 N–H and O–H groups in total. The van der Waals surface area contributed by atoms with Crippen LogP contribution in [0.4, 0.5) is 0 Å². The molecular formula is C16H13Br. The minimum Gasteiger partial charge on any atom is -0.0619 e. The van der Waals surface area contributed by atoms with E-state index in [0.717, 1.165) is 0 Å². The monoisotopic (exact) mass is 284 g/mol. The molecule has 1 fully saturated rings. The van der Waals surface area contributed by atoms with Gasteiger partial charge in [-0.2, -0.15) is 0 Å². The van der Waals surface area contributed by atoms with Crippen molar-refractivity contribution in [3.63, 3.8) is 0 Å². The average Bonchev–Trinajstić information content (AvgIpc) is 2.60. The second-order valence-corrected chi connectivity index (χ2v) is 6.00. The Morgan fingerprint density at radius 3 is 2.41 bits per heavy atom. The van der Waals surface area contributed by atoms with Crippen molar-refractivity contribution in [1.29, 1.82) is 0 Å². The van der Waals surface area contributed by atoms with Gasteiger partial charge in [-0.3, -0.25) is 0 Å². The average molecular weight is 285 g/mol. The lowest BCUT2D eigenvalue weighted by Gasteiger charge is -2.40. The molecule has 1 saturated carbocycles. The Bertz CT molecular complexity index is 609. The summed E-state index contributed by atoms with van der Waals surface area (Å²) in [7, 11) is 0. The van der Waals surface area contributed by atoms with Crippen LogP contribution in [0.2, 0.25) is 0 Å².